The topological polar surface area (TPSA) is 100 Å². The van der Waals surface area contributed by atoms with Crippen molar-refractivity contribution in [2.45, 2.75) is 56.2 Å². The van der Waals surface area contributed by atoms with Gasteiger partial charge in [-0.1, -0.05) is 16.8 Å². The lowest BCUT2D eigenvalue weighted by molar-refractivity contribution is -0.127. The molecule has 0 aliphatic heterocycles. The summed E-state index contributed by atoms with van der Waals surface area (Å²) in [6.45, 7) is 4.80. The summed E-state index contributed by atoms with van der Waals surface area (Å²) in [5, 5.41) is 6.37. The van der Waals surface area contributed by atoms with Crippen LogP contribution in [0.25, 0.3) is 11.3 Å². The Labute approximate surface area is 210 Å². The third-order valence-corrected chi connectivity index (χ3v) is 5.91. The smallest absolute Gasteiger partial charge is 0.278 e. The standard InChI is InChI=1S/C24H25ClF3N5O3/c1-15(13-30-14-29-2)20(22(34)32-17-7-10-24(27,28)11-8-17)33(23(35)21(25)26)18-5-3-16(4-6-18)19-9-12-31-36-19/h3-6,9,12-14,17,20-21H,2,7-8,10-11H2,1H3,(H,32,34)/b15-13+,30-14?. The van der Waals surface area contributed by atoms with E-state index >= 15 is 0 Å². The number of rotatable bonds is 9. The normalized spacial score (nSPS) is 18.0. The maximum absolute atomic E-state index is 14.1. The maximum atomic E-state index is 14.1. The fourth-order valence-electron chi connectivity index (χ4n) is 3.92. The summed E-state index contributed by atoms with van der Waals surface area (Å²) in [4.78, 5) is 34.7. The van der Waals surface area contributed by atoms with Gasteiger partial charge < -0.3 is 9.84 Å². The van der Waals surface area contributed by atoms with E-state index in [2.05, 4.69) is 27.2 Å². The van der Waals surface area contributed by atoms with E-state index in [1.165, 1.54) is 31.5 Å². The third kappa shape index (κ3) is 6.81. The second-order valence-corrected chi connectivity index (χ2v) is 8.68. The summed E-state index contributed by atoms with van der Waals surface area (Å²) in [5.74, 6) is -4.19. The average molecular weight is 524 g/mol. The van der Waals surface area contributed by atoms with Gasteiger partial charge in [-0.15, -0.1) is 0 Å². The highest BCUT2D eigenvalue weighted by atomic mass is 35.5. The first-order valence-corrected chi connectivity index (χ1v) is 11.5. The first-order valence-electron chi connectivity index (χ1n) is 11.1. The van der Waals surface area contributed by atoms with Gasteiger partial charge >= 0.3 is 0 Å². The molecule has 2 aromatic rings. The van der Waals surface area contributed by atoms with Gasteiger partial charge in [-0.25, -0.2) is 18.2 Å². The van der Waals surface area contributed by atoms with E-state index in [-0.39, 0.29) is 36.9 Å². The van der Waals surface area contributed by atoms with Gasteiger partial charge in [-0.05, 0) is 56.3 Å². The van der Waals surface area contributed by atoms with Crippen molar-refractivity contribution in [2.75, 3.05) is 4.90 Å². The summed E-state index contributed by atoms with van der Waals surface area (Å²) >= 11 is 5.52. The molecule has 0 saturated heterocycles. The molecule has 2 unspecified atom stereocenters. The number of hydrogen-bond acceptors (Lipinski definition) is 5. The van der Waals surface area contributed by atoms with Crippen molar-refractivity contribution in [2.24, 2.45) is 9.98 Å². The number of nitrogens with zero attached hydrogens (tertiary/aromatic N) is 4. The van der Waals surface area contributed by atoms with Crippen LogP contribution in [0.15, 0.2) is 62.8 Å². The number of alkyl halides is 4. The summed E-state index contributed by atoms with van der Waals surface area (Å²) in [7, 11) is 0. The molecule has 1 aromatic carbocycles. The lowest BCUT2D eigenvalue weighted by Gasteiger charge is -2.34. The molecule has 192 valence electrons. The minimum absolute atomic E-state index is 0.0633. The molecule has 1 fully saturated rings. The molecule has 8 nitrogen and oxygen atoms in total. The Balaban J connectivity index is 1.98. The summed E-state index contributed by atoms with van der Waals surface area (Å²) in [6, 6.07) is 5.93. The Morgan fingerprint density at radius 2 is 1.94 bits per heavy atom. The van der Waals surface area contributed by atoms with E-state index in [1.807, 2.05) is 0 Å². The number of amides is 2. The van der Waals surface area contributed by atoms with Crippen molar-refractivity contribution in [1.82, 2.24) is 10.5 Å². The van der Waals surface area contributed by atoms with Crippen molar-refractivity contribution >= 4 is 42.2 Å². The first-order chi connectivity index (χ1) is 17.1. The van der Waals surface area contributed by atoms with Crippen molar-refractivity contribution in [3.8, 4) is 11.3 Å². The Morgan fingerprint density at radius 1 is 1.28 bits per heavy atom. The molecule has 2 atom stereocenters. The van der Waals surface area contributed by atoms with Gasteiger partial charge in [-0.2, -0.15) is 0 Å². The van der Waals surface area contributed by atoms with Crippen LogP contribution in [0.5, 0.6) is 0 Å². The molecule has 2 amide bonds. The van der Waals surface area contributed by atoms with Crippen LogP contribution in [0.4, 0.5) is 18.9 Å². The fourth-order valence-corrected chi connectivity index (χ4v) is 4.03. The number of carbonyl (C=O) groups is 2. The van der Waals surface area contributed by atoms with Crippen LogP contribution in [0.1, 0.15) is 32.6 Å². The molecule has 1 aliphatic carbocycles. The largest absolute Gasteiger partial charge is 0.356 e. The lowest BCUT2D eigenvalue weighted by Crippen LogP contribution is -2.54. The summed E-state index contributed by atoms with van der Waals surface area (Å²) in [5.41, 5.74) is -1.41. The van der Waals surface area contributed by atoms with E-state index < -0.39 is 35.5 Å². The molecule has 1 N–H and O–H groups in total. The van der Waals surface area contributed by atoms with Crippen LogP contribution in [0.3, 0.4) is 0 Å². The quantitative estimate of drug-likeness (QED) is 0.287. The molecule has 1 aliphatic rings. The van der Waals surface area contributed by atoms with E-state index in [4.69, 9.17) is 16.1 Å². The van der Waals surface area contributed by atoms with Crippen molar-refractivity contribution < 1.29 is 27.3 Å². The number of anilines is 1. The van der Waals surface area contributed by atoms with Gasteiger partial charge in [0.25, 0.3) is 11.5 Å². The first kappa shape index (κ1) is 27.1. The predicted molar refractivity (Wildman–Crippen MR) is 131 cm³/mol. The van der Waals surface area contributed by atoms with Crippen molar-refractivity contribution in [3.63, 3.8) is 0 Å². The number of hydrogen-bond donors (Lipinski definition) is 1. The van der Waals surface area contributed by atoms with Crippen LogP contribution < -0.4 is 10.2 Å². The highest BCUT2D eigenvalue weighted by Crippen LogP contribution is 2.33. The minimum Gasteiger partial charge on any atom is -0.356 e. The molecule has 0 bridgehead atoms. The fraction of sp³-hybridized carbons (Fsp3) is 0.375. The zero-order valence-corrected chi connectivity index (χ0v) is 20.2. The number of nitrogens with one attached hydrogen (secondary N) is 1. The number of aliphatic imine (C=N–C) groups is 2. The zero-order valence-electron chi connectivity index (χ0n) is 19.4. The number of aromatic nitrogens is 1. The summed E-state index contributed by atoms with van der Waals surface area (Å²) < 4.78 is 46.4. The van der Waals surface area contributed by atoms with Gasteiger partial charge in [0, 0.05) is 42.4 Å². The zero-order chi connectivity index (χ0) is 26.3. The van der Waals surface area contributed by atoms with Crippen molar-refractivity contribution in [1.29, 1.82) is 0 Å². The van der Waals surface area contributed by atoms with E-state index in [0.717, 1.165) is 11.2 Å². The number of halogens is 4. The Hall–Kier alpha value is -3.47. The Bertz CT molecular complexity index is 1110. The second kappa shape index (κ2) is 12.0. The molecule has 0 spiro atoms. The third-order valence-electron chi connectivity index (χ3n) is 5.72. The maximum Gasteiger partial charge on any atom is 0.278 e. The van der Waals surface area contributed by atoms with Gasteiger partial charge in [0.2, 0.25) is 11.8 Å². The van der Waals surface area contributed by atoms with Crippen LogP contribution in [-0.2, 0) is 9.59 Å². The van der Waals surface area contributed by atoms with Crippen molar-refractivity contribution in [3.05, 3.63) is 48.3 Å². The molecule has 3 rings (SSSR count). The monoisotopic (exact) mass is 523 g/mol. The van der Waals surface area contributed by atoms with Gasteiger partial charge in [0.15, 0.2) is 5.76 Å². The number of benzene rings is 1. The molecule has 1 aromatic heterocycles. The average Bonchev–Trinajstić information content (AvgIpc) is 3.38. The molecule has 1 saturated carbocycles. The van der Waals surface area contributed by atoms with Crippen LogP contribution in [0, 0.1) is 0 Å². The lowest BCUT2D eigenvalue weighted by atomic mass is 9.91. The predicted octanol–water partition coefficient (Wildman–Crippen LogP) is 4.90. The van der Waals surface area contributed by atoms with Crippen LogP contribution >= 0.6 is 11.6 Å². The molecule has 0 radical (unpaired) electrons. The second-order valence-electron chi connectivity index (χ2n) is 8.29. The van der Waals surface area contributed by atoms with E-state index in [0.29, 0.717) is 11.3 Å². The van der Waals surface area contributed by atoms with Gasteiger partial charge in [0.1, 0.15) is 12.4 Å². The van der Waals surface area contributed by atoms with Crippen LogP contribution in [-0.4, -0.2) is 53.7 Å². The molecular formula is C24H25ClF3N5O3. The Kier molecular flexibility index (Phi) is 9.03. The SMILES string of the molecule is C=NC=N/C=C(\C)C(C(=O)NC1CCC(F)(F)CC1)N(C(=O)C(F)Cl)c1ccc(-c2ccno2)cc1. The van der Waals surface area contributed by atoms with E-state index in [1.54, 1.807) is 18.2 Å². The molecule has 36 heavy (non-hydrogen) atoms. The van der Waals surface area contributed by atoms with E-state index in [9.17, 15) is 22.8 Å². The molecular weight excluding hydrogens is 499 g/mol. The highest BCUT2D eigenvalue weighted by molar-refractivity contribution is 6.32. The van der Waals surface area contributed by atoms with Crippen LogP contribution in [0.2, 0.25) is 0 Å². The van der Waals surface area contributed by atoms with Gasteiger partial charge in [0.05, 0.1) is 6.20 Å². The minimum atomic E-state index is -2.78. The molecule has 12 heteroatoms. The van der Waals surface area contributed by atoms with Gasteiger partial charge in [-0.3, -0.25) is 19.5 Å². The Morgan fingerprint density at radius 3 is 2.50 bits per heavy atom. The summed E-state index contributed by atoms with van der Waals surface area (Å²) in [6.07, 6.45) is 3.26. The highest BCUT2D eigenvalue weighted by Gasteiger charge is 2.39. The number of carbonyl (C=O) groups excluding carboxylic acids is 2. The molecule has 1 heterocycles.